The number of carbonyl (C=O) groups is 2. The van der Waals surface area contributed by atoms with E-state index in [-0.39, 0.29) is 41.1 Å². The number of aryl methyl sites for hydroxylation is 1. The van der Waals surface area contributed by atoms with E-state index in [2.05, 4.69) is 48.2 Å². The lowest BCUT2D eigenvalue weighted by Crippen LogP contribution is -2.48. The second kappa shape index (κ2) is 16.2. The highest BCUT2D eigenvalue weighted by Crippen LogP contribution is 2.29. The number of aromatic nitrogens is 4. The smallest absolute Gasteiger partial charge is 0.247 e. The van der Waals surface area contributed by atoms with Crippen LogP contribution in [0, 0.1) is 18.8 Å². The molecule has 0 bridgehead atoms. The molecule has 1 aliphatic heterocycles. The molecule has 4 aromatic rings. The topological polar surface area (TPSA) is 197 Å². The van der Waals surface area contributed by atoms with Gasteiger partial charge in [0.25, 0.3) is 0 Å². The summed E-state index contributed by atoms with van der Waals surface area (Å²) in [7, 11) is -3.66. The van der Waals surface area contributed by atoms with E-state index in [1.54, 1.807) is 36.4 Å². The Morgan fingerprint density at radius 1 is 0.961 bits per heavy atom. The second-order valence-corrected chi connectivity index (χ2v) is 15.6. The standard InChI is InChI=1S/C37H47N9O4S/c1-23-19-32(51(49,50)44-31-17-18-39-24(2)20-31)15-16-33(23)27-7-3-25(4-8-27)21-34(41-36(47)29-9-5-26(22-38)6-10-29)37(48)40-30-13-11-28(12-14-30)35-42-45-46-43-35/h3-4,7-8,11-16,19,24,26,29,31,34,39,44H,5-6,9-10,17-18,20-22,38H2,1-2H3,(H,40,48)(H,41,47)(H,42,43,45,46)/t24?,26-,29-,31?,34-/m0/s1. The van der Waals surface area contributed by atoms with Crippen LogP contribution in [0.4, 0.5) is 5.69 Å². The van der Waals surface area contributed by atoms with Gasteiger partial charge in [0.2, 0.25) is 27.7 Å². The van der Waals surface area contributed by atoms with Crippen LogP contribution in [0.1, 0.15) is 56.6 Å². The van der Waals surface area contributed by atoms with Crippen LogP contribution >= 0.6 is 0 Å². The molecule has 1 aliphatic carbocycles. The summed E-state index contributed by atoms with van der Waals surface area (Å²) >= 11 is 0. The fourth-order valence-corrected chi connectivity index (χ4v) is 8.45. The summed E-state index contributed by atoms with van der Waals surface area (Å²) in [5, 5.41) is 23.3. The third kappa shape index (κ3) is 9.25. The number of benzene rings is 3. The molecule has 2 unspecified atom stereocenters. The summed E-state index contributed by atoms with van der Waals surface area (Å²) < 4.78 is 29.3. The SMILES string of the molecule is Cc1cc(S(=O)(=O)NC2CCNC(C)C2)ccc1-c1ccc(C[C@H](NC(=O)[C@H]2CC[C@H](CN)CC2)C(=O)Nc2ccc(-c3nn[nH]n3)cc2)cc1. The monoisotopic (exact) mass is 713 g/mol. The largest absolute Gasteiger partial charge is 0.344 e. The van der Waals surface area contributed by atoms with Crippen molar-refractivity contribution >= 4 is 27.5 Å². The molecule has 2 amide bonds. The van der Waals surface area contributed by atoms with Crippen molar-refractivity contribution in [3.8, 4) is 22.5 Å². The minimum Gasteiger partial charge on any atom is -0.344 e. The molecular weight excluding hydrogens is 667 g/mol. The van der Waals surface area contributed by atoms with Crippen molar-refractivity contribution in [3.63, 3.8) is 0 Å². The lowest BCUT2D eigenvalue weighted by molar-refractivity contribution is -0.130. The Morgan fingerprint density at radius 3 is 2.33 bits per heavy atom. The van der Waals surface area contributed by atoms with E-state index >= 15 is 0 Å². The molecule has 7 N–H and O–H groups in total. The van der Waals surface area contributed by atoms with Gasteiger partial charge in [-0.25, -0.2) is 13.1 Å². The summed E-state index contributed by atoms with van der Waals surface area (Å²) in [4.78, 5) is 27.4. The number of H-pyrrole nitrogens is 1. The van der Waals surface area contributed by atoms with Crippen molar-refractivity contribution in [1.82, 2.24) is 36.0 Å². The Balaban J connectivity index is 1.15. The van der Waals surface area contributed by atoms with Crippen LogP contribution in [-0.4, -0.2) is 72.1 Å². The lowest BCUT2D eigenvalue weighted by Gasteiger charge is -2.28. The lowest BCUT2D eigenvalue weighted by atomic mass is 9.81. The molecule has 2 fully saturated rings. The molecule has 1 saturated heterocycles. The van der Waals surface area contributed by atoms with E-state index in [1.165, 1.54) is 0 Å². The number of tetrazole rings is 1. The fraction of sp³-hybridized carbons (Fsp3) is 0.432. The Kier molecular flexibility index (Phi) is 11.6. The average molecular weight is 714 g/mol. The molecule has 3 aromatic carbocycles. The van der Waals surface area contributed by atoms with Crippen molar-refractivity contribution in [3.05, 3.63) is 77.9 Å². The van der Waals surface area contributed by atoms with Gasteiger partial charge in [-0.3, -0.25) is 9.59 Å². The van der Waals surface area contributed by atoms with Crippen LogP contribution in [0.3, 0.4) is 0 Å². The number of anilines is 1. The van der Waals surface area contributed by atoms with Crippen molar-refractivity contribution in [2.45, 2.75) is 81.8 Å². The van der Waals surface area contributed by atoms with Crippen LogP contribution in [-0.2, 0) is 26.0 Å². The van der Waals surface area contributed by atoms with Gasteiger partial charge in [-0.2, -0.15) is 5.21 Å². The Bertz CT molecular complexity index is 1890. The minimum atomic E-state index is -3.66. The summed E-state index contributed by atoms with van der Waals surface area (Å²) in [5.41, 5.74) is 10.7. The summed E-state index contributed by atoms with van der Waals surface area (Å²) in [6, 6.07) is 19.5. The number of piperidine rings is 1. The van der Waals surface area contributed by atoms with E-state index < -0.39 is 16.1 Å². The Hall–Kier alpha value is -4.50. The maximum Gasteiger partial charge on any atom is 0.247 e. The number of hydrogen-bond acceptors (Lipinski definition) is 9. The predicted octanol–water partition coefficient (Wildman–Crippen LogP) is 3.69. The highest BCUT2D eigenvalue weighted by Gasteiger charge is 2.30. The van der Waals surface area contributed by atoms with Crippen molar-refractivity contribution < 1.29 is 18.0 Å². The van der Waals surface area contributed by atoms with Gasteiger partial charge in [0.1, 0.15) is 6.04 Å². The molecule has 6 rings (SSSR count). The second-order valence-electron chi connectivity index (χ2n) is 13.9. The van der Waals surface area contributed by atoms with Crippen LogP contribution < -0.4 is 26.4 Å². The van der Waals surface area contributed by atoms with Crippen LogP contribution in [0.15, 0.2) is 71.6 Å². The van der Waals surface area contributed by atoms with E-state index in [9.17, 15) is 18.0 Å². The number of hydrogen-bond donors (Lipinski definition) is 6. The molecule has 3 atom stereocenters. The maximum atomic E-state index is 13.7. The molecule has 0 radical (unpaired) electrons. The summed E-state index contributed by atoms with van der Waals surface area (Å²) in [5.74, 6) is 0.278. The van der Waals surface area contributed by atoms with Crippen molar-refractivity contribution in [1.29, 1.82) is 0 Å². The number of nitrogens with two attached hydrogens (primary N) is 1. The predicted molar refractivity (Wildman–Crippen MR) is 196 cm³/mol. The zero-order chi connectivity index (χ0) is 36.0. The van der Waals surface area contributed by atoms with E-state index in [0.717, 1.165) is 72.9 Å². The number of nitrogens with one attached hydrogen (secondary N) is 5. The molecule has 1 saturated carbocycles. The van der Waals surface area contributed by atoms with Gasteiger partial charge in [0.05, 0.1) is 4.90 Å². The van der Waals surface area contributed by atoms with Gasteiger partial charge in [-0.05, 0) is 135 Å². The van der Waals surface area contributed by atoms with Crippen LogP contribution in [0.25, 0.3) is 22.5 Å². The zero-order valence-corrected chi connectivity index (χ0v) is 29.9. The highest BCUT2D eigenvalue weighted by atomic mass is 32.2. The quantitative estimate of drug-likeness (QED) is 0.127. The number of rotatable bonds is 12. The van der Waals surface area contributed by atoms with Crippen molar-refractivity contribution in [2.75, 3.05) is 18.4 Å². The van der Waals surface area contributed by atoms with Crippen LogP contribution in [0.2, 0.25) is 0 Å². The normalized spacial score (nSPS) is 21.5. The van der Waals surface area contributed by atoms with Gasteiger partial charge in [-0.15, -0.1) is 10.2 Å². The van der Waals surface area contributed by atoms with Gasteiger partial charge in [0.15, 0.2) is 0 Å². The Morgan fingerprint density at radius 2 is 1.69 bits per heavy atom. The Labute approximate surface area is 299 Å². The average Bonchev–Trinajstić information content (AvgIpc) is 3.67. The fourth-order valence-electron chi connectivity index (χ4n) is 7.09. The first-order chi connectivity index (χ1) is 24.6. The summed E-state index contributed by atoms with van der Waals surface area (Å²) in [6.45, 7) is 5.37. The van der Waals surface area contributed by atoms with E-state index in [4.69, 9.17) is 5.73 Å². The maximum absolute atomic E-state index is 13.7. The third-order valence-corrected chi connectivity index (χ3v) is 11.6. The minimum absolute atomic E-state index is 0.0936. The van der Waals surface area contributed by atoms with Gasteiger partial charge >= 0.3 is 0 Å². The molecule has 51 heavy (non-hydrogen) atoms. The third-order valence-electron chi connectivity index (χ3n) is 10.1. The number of sulfonamides is 1. The van der Waals surface area contributed by atoms with Gasteiger partial charge < -0.3 is 21.7 Å². The van der Waals surface area contributed by atoms with E-state index in [1.807, 2.05) is 37.3 Å². The molecule has 2 aliphatic rings. The first-order valence-electron chi connectivity index (χ1n) is 17.7. The first-order valence-corrected chi connectivity index (χ1v) is 19.2. The van der Waals surface area contributed by atoms with E-state index in [0.29, 0.717) is 24.0 Å². The molecule has 1 aromatic heterocycles. The molecular formula is C37H47N9O4S. The molecule has 13 nitrogen and oxygen atoms in total. The van der Waals surface area contributed by atoms with Gasteiger partial charge in [-0.1, -0.05) is 30.3 Å². The van der Waals surface area contributed by atoms with Crippen molar-refractivity contribution in [2.24, 2.45) is 17.6 Å². The number of carbonyl (C=O) groups excluding carboxylic acids is 2. The number of nitrogens with zero attached hydrogens (tertiary/aromatic N) is 3. The molecule has 0 spiro atoms. The molecule has 14 heteroatoms. The highest BCUT2D eigenvalue weighted by molar-refractivity contribution is 7.89. The first kappa shape index (κ1) is 36.3. The summed E-state index contributed by atoms with van der Waals surface area (Å²) in [6.07, 6.45) is 5.10. The zero-order valence-electron chi connectivity index (χ0n) is 29.1. The van der Waals surface area contributed by atoms with Crippen LogP contribution in [0.5, 0.6) is 0 Å². The number of amides is 2. The molecule has 270 valence electrons. The number of aromatic amines is 1. The van der Waals surface area contributed by atoms with Gasteiger partial charge in [0, 0.05) is 35.7 Å². The molecule has 2 heterocycles.